The highest BCUT2D eigenvalue weighted by Gasteiger charge is 2.30. The maximum atomic E-state index is 11.9. The van der Waals surface area contributed by atoms with Crippen molar-refractivity contribution in [2.24, 2.45) is 0 Å². The van der Waals surface area contributed by atoms with Crippen LogP contribution in [0.2, 0.25) is 0 Å². The number of nitrogens with zero attached hydrogens (tertiary/aromatic N) is 1. The summed E-state index contributed by atoms with van der Waals surface area (Å²) in [6.07, 6.45) is 3.02. The van der Waals surface area contributed by atoms with E-state index in [9.17, 15) is 4.79 Å². The van der Waals surface area contributed by atoms with Gasteiger partial charge in [-0.3, -0.25) is 4.79 Å². The number of amides is 1. The van der Waals surface area contributed by atoms with Gasteiger partial charge in [-0.1, -0.05) is 24.3 Å². The van der Waals surface area contributed by atoms with Crippen LogP contribution in [0.4, 0.5) is 0 Å². The first-order chi connectivity index (χ1) is 10.2. The van der Waals surface area contributed by atoms with Gasteiger partial charge < -0.3 is 10.2 Å². The molecule has 116 valence electrons. The minimum Gasteiger partial charge on any atom is -0.343 e. The first-order valence-electron chi connectivity index (χ1n) is 8.22. The Bertz CT molecular complexity index is 462. The van der Waals surface area contributed by atoms with Crippen molar-refractivity contribution in [3.63, 3.8) is 0 Å². The SMILES string of the molecule is CCN(CC)C(=O)CCNC1CC(c2ccccc2C)C1. The molecule has 0 spiro atoms. The van der Waals surface area contributed by atoms with E-state index in [2.05, 4.69) is 36.5 Å². The number of nitrogens with one attached hydrogen (secondary N) is 1. The van der Waals surface area contributed by atoms with Crippen molar-refractivity contribution < 1.29 is 4.79 Å². The van der Waals surface area contributed by atoms with Gasteiger partial charge in [0, 0.05) is 32.1 Å². The van der Waals surface area contributed by atoms with E-state index in [1.54, 1.807) is 0 Å². The Morgan fingerprint density at radius 2 is 1.90 bits per heavy atom. The molecule has 1 aromatic rings. The van der Waals surface area contributed by atoms with Crippen LogP contribution in [0.15, 0.2) is 24.3 Å². The third-order valence-corrected chi connectivity index (χ3v) is 4.65. The van der Waals surface area contributed by atoms with Gasteiger partial charge in [0.05, 0.1) is 0 Å². The molecule has 0 heterocycles. The fourth-order valence-corrected chi connectivity index (χ4v) is 3.20. The van der Waals surface area contributed by atoms with Crippen molar-refractivity contribution in [2.45, 2.75) is 52.0 Å². The van der Waals surface area contributed by atoms with Crippen molar-refractivity contribution in [1.82, 2.24) is 10.2 Å². The molecule has 1 aliphatic carbocycles. The highest BCUT2D eigenvalue weighted by Crippen LogP contribution is 2.38. The Labute approximate surface area is 128 Å². The molecule has 1 fully saturated rings. The fourth-order valence-electron chi connectivity index (χ4n) is 3.20. The first kappa shape index (κ1) is 16.0. The highest BCUT2D eigenvalue weighted by molar-refractivity contribution is 5.76. The average molecular weight is 288 g/mol. The molecule has 0 atom stereocenters. The van der Waals surface area contributed by atoms with Gasteiger partial charge in [0.25, 0.3) is 0 Å². The van der Waals surface area contributed by atoms with Gasteiger partial charge in [0.2, 0.25) is 5.91 Å². The third kappa shape index (κ3) is 4.07. The number of aryl methyl sites for hydroxylation is 1. The van der Waals surface area contributed by atoms with Crippen LogP contribution in [0.5, 0.6) is 0 Å². The molecule has 3 heteroatoms. The van der Waals surface area contributed by atoms with Gasteiger partial charge in [0.15, 0.2) is 0 Å². The van der Waals surface area contributed by atoms with Gasteiger partial charge >= 0.3 is 0 Å². The monoisotopic (exact) mass is 288 g/mol. The molecule has 0 bridgehead atoms. The van der Waals surface area contributed by atoms with E-state index in [1.165, 1.54) is 24.0 Å². The van der Waals surface area contributed by atoms with Crippen molar-refractivity contribution in [1.29, 1.82) is 0 Å². The quantitative estimate of drug-likeness (QED) is 0.836. The molecule has 0 unspecified atom stereocenters. The fraction of sp³-hybridized carbons (Fsp3) is 0.611. The summed E-state index contributed by atoms with van der Waals surface area (Å²) in [6.45, 7) is 8.70. The molecule has 1 amide bonds. The van der Waals surface area contributed by atoms with E-state index < -0.39 is 0 Å². The Hall–Kier alpha value is -1.35. The summed E-state index contributed by atoms with van der Waals surface area (Å²) in [5, 5.41) is 3.52. The summed E-state index contributed by atoms with van der Waals surface area (Å²) >= 11 is 0. The average Bonchev–Trinajstić information content (AvgIpc) is 2.44. The van der Waals surface area contributed by atoms with Crippen LogP contribution in [0.1, 0.15) is 50.2 Å². The smallest absolute Gasteiger partial charge is 0.223 e. The van der Waals surface area contributed by atoms with Crippen LogP contribution < -0.4 is 5.32 Å². The predicted octanol–water partition coefficient (Wildman–Crippen LogP) is 3.09. The maximum Gasteiger partial charge on any atom is 0.223 e. The Morgan fingerprint density at radius 1 is 1.24 bits per heavy atom. The standard InChI is InChI=1S/C18H28N2O/c1-4-20(5-2)18(21)10-11-19-16-12-15(13-16)17-9-7-6-8-14(17)3/h6-9,15-16,19H,4-5,10-13H2,1-3H3. The number of carbonyl (C=O) groups is 1. The van der Waals surface area contributed by atoms with Crippen molar-refractivity contribution in [2.75, 3.05) is 19.6 Å². The molecule has 0 radical (unpaired) electrons. The van der Waals surface area contributed by atoms with E-state index in [1.807, 2.05) is 18.7 Å². The molecule has 1 saturated carbocycles. The highest BCUT2D eigenvalue weighted by atomic mass is 16.2. The van der Waals surface area contributed by atoms with E-state index in [0.717, 1.165) is 19.6 Å². The number of benzene rings is 1. The zero-order valence-electron chi connectivity index (χ0n) is 13.6. The van der Waals surface area contributed by atoms with Crippen LogP contribution >= 0.6 is 0 Å². The summed E-state index contributed by atoms with van der Waals surface area (Å²) < 4.78 is 0. The van der Waals surface area contributed by atoms with Crippen LogP contribution in [0.3, 0.4) is 0 Å². The molecule has 0 saturated heterocycles. The van der Waals surface area contributed by atoms with E-state index in [-0.39, 0.29) is 5.91 Å². The van der Waals surface area contributed by atoms with Gasteiger partial charge in [-0.05, 0) is 50.7 Å². The van der Waals surface area contributed by atoms with E-state index in [4.69, 9.17) is 0 Å². The zero-order valence-corrected chi connectivity index (χ0v) is 13.6. The molecule has 3 nitrogen and oxygen atoms in total. The molecule has 2 rings (SSSR count). The lowest BCUT2D eigenvalue weighted by Gasteiger charge is -2.37. The van der Waals surface area contributed by atoms with Gasteiger partial charge in [-0.2, -0.15) is 0 Å². The summed E-state index contributed by atoms with van der Waals surface area (Å²) in [4.78, 5) is 13.8. The Morgan fingerprint density at radius 3 is 2.52 bits per heavy atom. The van der Waals surface area contributed by atoms with Crippen LogP contribution in [0.25, 0.3) is 0 Å². The molecule has 1 N–H and O–H groups in total. The second-order valence-electron chi connectivity index (χ2n) is 5.99. The van der Waals surface area contributed by atoms with Gasteiger partial charge in [0.1, 0.15) is 0 Å². The minimum absolute atomic E-state index is 0.266. The second-order valence-corrected chi connectivity index (χ2v) is 5.99. The van der Waals surface area contributed by atoms with Crippen LogP contribution in [-0.4, -0.2) is 36.5 Å². The maximum absolute atomic E-state index is 11.9. The zero-order chi connectivity index (χ0) is 15.2. The van der Waals surface area contributed by atoms with Crippen molar-refractivity contribution in [3.8, 4) is 0 Å². The number of hydrogen-bond donors (Lipinski definition) is 1. The van der Waals surface area contributed by atoms with E-state index in [0.29, 0.717) is 18.4 Å². The summed E-state index contributed by atoms with van der Waals surface area (Å²) in [5.74, 6) is 0.962. The molecular weight excluding hydrogens is 260 g/mol. The van der Waals surface area contributed by atoms with Crippen molar-refractivity contribution >= 4 is 5.91 Å². The number of hydrogen-bond acceptors (Lipinski definition) is 2. The van der Waals surface area contributed by atoms with E-state index >= 15 is 0 Å². The van der Waals surface area contributed by atoms with Crippen LogP contribution in [0, 0.1) is 6.92 Å². The molecule has 0 aliphatic heterocycles. The molecule has 1 aliphatic rings. The predicted molar refractivity (Wildman–Crippen MR) is 87.5 cm³/mol. The lowest BCUT2D eigenvalue weighted by atomic mass is 9.74. The first-order valence-corrected chi connectivity index (χ1v) is 8.22. The van der Waals surface area contributed by atoms with Gasteiger partial charge in [-0.15, -0.1) is 0 Å². The molecule has 21 heavy (non-hydrogen) atoms. The normalized spacial score (nSPS) is 20.9. The van der Waals surface area contributed by atoms with Crippen LogP contribution in [-0.2, 0) is 4.79 Å². The largest absolute Gasteiger partial charge is 0.343 e. The summed E-state index contributed by atoms with van der Waals surface area (Å²) in [5.41, 5.74) is 2.90. The molecule has 1 aromatic carbocycles. The lowest BCUT2D eigenvalue weighted by Crippen LogP contribution is -2.42. The number of rotatable bonds is 7. The van der Waals surface area contributed by atoms with Gasteiger partial charge in [-0.25, -0.2) is 0 Å². The molecule has 0 aromatic heterocycles. The minimum atomic E-state index is 0.266. The third-order valence-electron chi connectivity index (χ3n) is 4.65. The Kier molecular flexibility index (Phi) is 5.80. The summed E-state index contributed by atoms with van der Waals surface area (Å²) in [6, 6.07) is 9.26. The molecular formula is C18H28N2O. The second kappa shape index (κ2) is 7.60. The Balaban J connectivity index is 1.67. The topological polar surface area (TPSA) is 32.3 Å². The van der Waals surface area contributed by atoms with Crippen molar-refractivity contribution in [3.05, 3.63) is 35.4 Å². The lowest BCUT2D eigenvalue weighted by molar-refractivity contribution is -0.130. The summed E-state index contributed by atoms with van der Waals surface area (Å²) in [7, 11) is 0. The number of carbonyl (C=O) groups excluding carboxylic acids is 1.